The molecule has 22 heavy (non-hydrogen) atoms. The highest BCUT2D eigenvalue weighted by molar-refractivity contribution is 5.96. The summed E-state index contributed by atoms with van der Waals surface area (Å²) in [4.78, 5) is 31.2. The van der Waals surface area contributed by atoms with Crippen molar-refractivity contribution in [1.29, 1.82) is 0 Å². The monoisotopic (exact) mass is 314 g/mol. The Morgan fingerprint density at radius 3 is 1.55 bits per heavy atom. The van der Waals surface area contributed by atoms with Crippen LogP contribution >= 0.6 is 0 Å². The number of nitrogens with one attached hydrogen (secondary N) is 2. The largest absolute Gasteiger partial charge is 0.394 e. The summed E-state index contributed by atoms with van der Waals surface area (Å²) in [6.45, 7) is -1.82. The minimum absolute atomic E-state index is 0.177. The predicted molar refractivity (Wildman–Crippen MR) is 72.9 cm³/mol. The molecule has 0 saturated heterocycles. The van der Waals surface area contributed by atoms with E-state index >= 15 is 0 Å². The van der Waals surface area contributed by atoms with E-state index in [1.807, 2.05) is 0 Å². The van der Waals surface area contributed by atoms with E-state index in [1.54, 1.807) is 0 Å². The molecule has 1 aromatic heterocycles. The number of aromatic nitrogens is 2. The van der Waals surface area contributed by atoms with E-state index in [0.717, 1.165) is 12.4 Å². The number of hydrogen-bond donors (Lipinski definition) is 6. The van der Waals surface area contributed by atoms with Gasteiger partial charge in [-0.2, -0.15) is 0 Å². The lowest BCUT2D eigenvalue weighted by atomic mass is 10.3. The Kier molecular flexibility index (Phi) is 7.32. The van der Waals surface area contributed by atoms with Gasteiger partial charge in [0.15, 0.2) is 0 Å². The van der Waals surface area contributed by atoms with Crippen molar-refractivity contribution in [3.05, 3.63) is 23.8 Å². The van der Waals surface area contributed by atoms with E-state index in [-0.39, 0.29) is 11.4 Å². The Balaban J connectivity index is 2.81. The van der Waals surface area contributed by atoms with Crippen LogP contribution in [0.2, 0.25) is 0 Å². The number of carbonyl (C=O) groups excluding carboxylic acids is 2. The van der Waals surface area contributed by atoms with E-state index < -0.39 is 50.3 Å². The molecule has 0 saturated carbocycles. The number of aliphatic hydroxyl groups excluding tert-OH is 4. The normalized spacial score (nSPS) is 10.8. The fourth-order valence-electron chi connectivity index (χ4n) is 1.40. The van der Waals surface area contributed by atoms with Gasteiger partial charge in [-0.25, -0.2) is 4.98 Å². The van der Waals surface area contributed by atoms with Crippen LogP contribution in [0.25, 0.3) is 0 Å². The van der Waals surface area contributed by atoms with Gasteiger partial charge in [-0.1, -0.05) is 0 Å². The molecule has 0 aromatic carbocycles. The van der Waals surface area contributed by atoms with Gasteiger partial charge in [0.1, 0.15) is 11.4 Å². The third kappa shape index (κ3) is 5.00. The highest BCUT2D eigenvalue weighted by Crippen LogP contribution is 1.99. The van der Waals surface area contributed by atoms with Crippen LogP contribution in [0.5, 0.6) is 0 Å². The summed E-state index contributed by atoms with van der Waals surface area (Å²) in [5.41, 5.74) is -0.354. The lowest BCUT2D eigenvalue weighted by Gasteiger charge is -2.14. The molecule has 1 aromatic rings. The quantitative estimate of drug-likeness (QED) is 0.289. The molecule has 10 heteroatoms. The molecule has 2 amide bonds. The second kappa shape index (κ2) is 9.00. The van der Waals surface area contributed by atoms with E-state index in [4.69, 9.17) is 20.4 Å². The standard InChI is InChI=1S/C12H18N4O6/c17-3-7(4-18)14-11(21)9-1-13-2-10(16-9)12(22)15-8(5-19)6-20/h1-2,7-8,17-20H,3-6H2,(H,14,21)(H,15,22). The van der Waals surface area contributed by atoms with Crippen LogP contribution < -0.4 is 10.6 Å². The number of carbonyl (C=O) groups is 2. The third-order valence-electron chi connectivity index (χ3n) is 2.65. The molecule has 0 fully saturated rings. The number of rotatable bonds is 8. The van der Waals surface area contributed by atoms with Crippen LogP contribution in [0, 0.1) is 0 Å². The zero-order valence-corrected chi connectivity index (χ0v) is 11.6. The van der Waals surface area contributed by atoms with E-state index in [2.05, 4.69) is 20.6 Å². The molecule has 0 aliphatic carbocycles. The zero-order valence-electron chi connectivity index (χ0n) is 11.6. The van der Waals surface area contributed by atoms with Crippen LogP contribution in [0.1, 0.15) is 21.0 Å². The van der Waals surface area contributed by atoms with Crippen molar-refractivity contribution < 1.29 is 30.0 Å². The fourth-order valence-corrected chi connectivity index (χ4v) is 1.40. The average molecular weight is 314 g/mol. The second-order valence-corrected chi connectivity index (χ2v) is 4.36. The SMILES string of the molecule is O=C(NC(CO)CO)c1cncc(C(=O)NC(CO)CO)n1. The first-order chi connectivity index (χ1) is 10.5. The maximum atomic E-state index is 11.8. The number of nitrogens with zero attached hydrogens (tertiary/aromatic N) is 2. The van der Waals surface area contributed by atoms with Gasteiger partial charge in [0.05, 0.1) is 50.9 Å². The van der Waals surface area contributed by atoms with E-state index in [1.165, 1.54) is 0 Å². The third-order valence-corrected chi connectivity index (χ3v) is 2.65. The van der Waals surface area contributed by atoms with Gasteiger partial charge in [-0.3, -0.25) is 14.6 Å². The summed E-state index contributed by atoms with van der Waals surface area (Å²) in [5, 5.41) is 40.2. The van der Waals surface area contributed by atoms with E-state index in [0.29, 0.717) is 0 Å². The van der Waals surface area contributed by atoms with Crippen LogP contribution in [0.4, 0.5) is 0 Å². The molecular weight excluding hydrogens is 296 g/mol. The predicted octanol–water partition coefficient (Wildman–Crippen LogP) is -3.36. The van der Waals surface area contributed by atoms with Crippen molar-refractivity contribution in [2.45, 2.75) is 12.1 Å². The summed E-state index contributed by atoms with van der Waals surface area (Å²) >= 11 is 0. The Morgan fingerprint density at radius 2 is 1.23 bits per heavy atom. The topological polar surface area (TPSA) is 165 Å². The van der Waals surface area contributed by atoms with Crippen molar-refractivity contribution in [1.82, 2.24) is 20.6 Å². The van der Waals surface area contributed by atoms with Gasteiger partial charge in [0, 0.05) is 0 Å². The molecule has 0 radical (unpaired) electrons. The first kappa shape index (κ1) is 17.9. The lowest BCUT2D eigenvalue weighted by Crippen LogP contribution is -2.42. The second-order valence-electron chi connectivity index (χ2n) is 4.36. The van der Waals surface area contributed by atoms with Crippen molar-refractivity contribution in [2.75, 3.05) is 26.4 Å². The van der Waals surface area contributed by atoms with Gasteiger partial charge in [0.25, 0.3) is 11.8 Å². The maximum Gasteiger partial charge on any atom is 0.271 e. The Hall–Kier alpha value is -2.14. The average Bonchev–Trinajstić information content (AvgIpc) is 2.57. The summed E-state index contributed by atoms with van der Waals surface area (Å²) in [6.07, 6.45) is 2.24. The lowest BCUT2D eigenvalue weighted by molar-refractivity contribution is 0.0866. The highest BCUT2D eigenvalue weighted by Gasteiger charge is 2.18. The Morgan fingerprint density at radius 1 is 0.864 bits per heavy atom. The van der Waals surface area contributed by atoms with Gasteiger partial charge in [-0.15, -0.1) is 0 Å². The smallest absolute Gasteiger partial charge is 0.271 e. The number of amides is 2. The van der Waals surface area contributed by atoms with Crippen molar-refractivity contribution >= 4 is 11.8 Å². The first-order valence-electron chi connectivity index (χ1n) is 6.42. The molecule has 0 atom stereocenters. The van der Waals surface area contributed by atoms with Crippen LogP contribution in [-0.2, 0) is 0 Å². The molecular formula is C12H18N4O6. The summed E-state index contributed by atoms with van der Waals surface area (Å²) in [7, 11) is 0. The van der Waals surface area contributed by atoms with Crippen LogP contribution in [0.3, 0.4) is 0 Å². The Labute approximate surface area is 125 Å². The van der Waals surface area contributed by atoms with Crippen molar-refractivity contribution in [2.24, 2.45) is 0 Å². The molecule has 0 aliphatic rings. The molecule has 1 rings (SSSR count). The minimum Gasteiger partial charge on any atom is -0.394 e. The number of aliphatic hydroxyl groups is 4. The molecule has 6 N–H and O–H groups in total. The van der Waals surface area contributed by atoms with Gasteiger partial charge >= 0.3 is 0 Å². The zero-order chi connectivity index (χ0) is 16.5. The molecule has 1 heterocycles. The van der Waals surface area contributed by atoms with Crippen molar-refractivity contribution in [3.8, 4) is 0 Å². The maximum absolute atomic E-state index is 11.8. The molecule has 0 aliphatic heterocycles. The van der Waals surface area contributed by atoms with Crippen molar-refractivity contribution in [3.63, 3.8) is 0 Å². The van der Waals surface area contributed by atoms with Crippen LogP contribution in [0.15, 0.2) is 12.4 Å². The number of hydrogen-bond acceptors (Lipinski definition) is 8. The molecule has 0 spiro atoms. The summed E-state index contributed by atoms with van der Waals surface area (Å²) in [5.74, 6) is -1.42. The fraction of sp³-hybridized carbons (Fsp3) is 0.500. The summed E-state index contributed by atoms with van der Waals surface area (Å²) in [6, 6.07) is -1.69. The Bertz CT molecular complexity index is 463. The first-order valence-corrected chi connectivity index (χ1v) is 6.42. The highest BCUT2D eigenvalue weighted by atomic mass is 16.3. The molecule has 0 bridgehead atoms. The molecule has 10 nitrogen and oxygen atoms in total. The van der Waals surface area contributed by atoms with E-state index in [9.17, 15) is 9.59 Å². The molecule has 0 unspecified atom stereocenters. The van der Waals surface area contributed by atoms with Gasteiger partial charge < -0.3 is 31.1 Å². The minimum atomic E-state index is -0.847. The van der Waals surface area contributed by atoms with Gasteiger partial charge in [0.2, 0.25) is 0 Å². The summed E-state index contributed by atoms with van der Waals surface area (Å²) < 4.78 is 0. The molecule has 122 valence electrons. The van der Waals surface area contributed by atoms with Gasteiger partial charge in [-0.05, 0) is 0 Å². The van der Waals surface area contributed by atoms with Crippen LogP contribution in [-0.4, -0.2) is 80.7 Å².